The van der Waals surface area contributed by atoms with Gasteiger partial charge in [-0.1, -0.05) is 18.2 Å². The van der Waals surface area contributed by atoms with Crippen molar-refractivity contribution in [3.8, 4) is 5.69 Å². The summed E-state index contributed by atoms with van der Waals surface area (Å²) in [5.74, 6) is 0.594. The van der Waals surface area contributed by atoms with Gasteiger partial charge in [0, 0.05) is 30.4 Å². The van der Waals surface area contributed by atoms with Gasteiger partial charge in [0.25, 0.3) is 0 Å². The van der Waals surface area contributed by atoms with E-state index in [0.29, 0.717) is 12.3 Å². The Morgan fingerprint density at radius 1 is 1.31 bits per heavy atom. The summed E-state index contributed by atoms with van der Waals surface area (Å²) in [6.07, 6.45) is 2.57. The Morgan fingerprint density at radius 3 is 2.65 bits per heavy atom. The third-order valence-electron chi connectivity index (χ3n) is 5.32. The monoisotopic (exact) mass is 376 g/mol. The Balaban J connectivity index is 0.00000243. The second-order valence-corrected chi connectivity index (χ2v) is 7.17. The molecule has 6 heteroatoms. The predicted octanol–water partition coefficient (Wildman–Crippen LogP) is 3.04. The van der Waals surface area contributed by atoms with Gasteiger partial charge >= 0.3 is 0 Å². The number of piperidine rings is 1. The highest BCUT2D eigenvalue weighted by molar-refractivity contribution is 5.85. The van der Waals surface area contributed by atoms with Gasteiger partial charge in [-0.25, -0.2) is 4.68 Å². The number of para-hydroxylation sites is 1. The SMILES string of the molecule is Cc1nn(-c2ccccc2)c(C)c1CC(=O)N1CCCC(C(C)N)C1.Cl. The fourth-order valence-electron chi connectivity index (χ4n) is 3.68. The number of amides is 1. The highest BCUT2D eigenvalue weighted by Gasteiger charge is 2.27. The summed E-state index contributed by atoms with van der Waals surface area (Å²) in [7, 11) is 0. The lowest BCUT2D eigenvalue weighted by Gasteiger charge is -2.34. The van der Waals surface area contributed by atoms with Crippen LogP contribution in [0.3, 0.4) is 0 Å². The Labute approximate surface area is 162 Å². The Hall–Kier alpha value is -1.85. The highest BCUT2D eigenvalue weighted by atomic mass is 35.5. The number of aryl methyl sites for hydroxylation is 1. The van der Waals surface area contributed by atoms with Crippen LogP contribution in [-0.2, 0) is 11.2 Å². The van der Waals surface area contributed by atoms with Gasteiger partial charge in [0.15, 0.2) is 0 Å². The minimum absolute atomic E-state index is 0. The number of likely N-dealkylation sites (tertiary alicyclic amines) is 1. The van der Waals surface area contributed by atoms with Gasteiger partial charge in [0.2, 0.25) is 5.91 Å². The molecule has 1 aromatic carbocycles. The lowest BCUT2D eigenvalue weighted by molar-refractivity contribution is -0.132. The lowest BCUT2D eigenvalue weighted by Crippen LogP contribution is -2.45. The molecule has 0 bridgehead atoms. The van der Waals surface area contributed by atoms with E-state index >= 15 is 0 Å². The Kier molecular flexibility index (Phi) is 6.84. The smallest absolute Gasteiger partial charge is 0.227 e. The fourth-order valence-corrected chi connectivity index (χ4v) is 3.68. The van der Waals surface area contributed by atoms with Crippen molar-refractivity contribution in [1.82, 2.24) is 14.7 Å². The number of carbonyl (C=O) groups is 1. The number of rotatable bonds is 4. The molecule has 5 nitrogen and oxygen atoms in total. The largest absolute Gasteiger partial charge is 0.342 e. The first-order valence-corrected chi connectivity index (χ1v) is 9.11. The van der Waals surface area contributed by atoms with Crippen molar-refractivity contribution in [2.75, 3.05) is 13.1 Å². The van der Waals surface area contributed by atoms with Crippen molar-refractivity contribution < 1.29 is 4.79 Å². The molecular formula is C20H29ClN4O. The van der Waals surface area contributed by atoms with Crippen molar-refractivity contribution in [3.05, 3.63) is 47.3 Å². The molecule has 2 atom stereocenters. The zero-order chi connectivity index (χ0) is 18.0. The molecule has 2 unspecified atom stereocenters. The summed E-state index contributed by atoms with van der Waals surface area (Å²) < 4.78 is 1.93. The van der Waals surface area contributed by atoms with E-state index in [1.54, 1.807) is 0 Å². The highest BCUT2D eigenvalue weighted by Crippen LogP contribution is 2.22. The second kappa shape index (κ2) is 8.69. The quantitative estimate of drug-likeness (QED) is 0.891. The van der Waals surface area contributed by atoms with Crippen molar-refractivity contribution in [2.45, 2.75) is 46.1 Å². The summed E-state index contributed by atoms with van der Waals surface area (Å²) in [6, 6.07) is 10.2. The third-order valence-corrected chi connectivity index (χ3v) is 5.32. The van der Waals surface area contributed by atoms with Gasteiger partial charge in [-0.3, -0.25) is 4.79 Å². The van der Waals surface area contributed by atoms with Gasteiger partial charge in [-0.2, -0.15) is 5.10 Å². The maximum absolute atomic E-state index is 12.8. The summed E-state index contributed by atoms with van der Waals surface area (Å²) in [5.41, 5.74) is 10.1. The first-order valence-electron chi connectivity index (χ1n) is 9.11. The molecule has 2 heterocycles. The summed E-state index contributed by atoms with van der Waals surface area (Å²) >= 11 is 0. The number of nitrogens with zero attached hydrogens (tertiary/aromatic N) is 3. The van der Waals surface area contributed by atoms with E-state index < -0.39 is 0 Å². The number of carbonyl (C=O) groups excluding carboxylic acids is 1. The Morgan fingerprint density at radius 2 is 2.00 bits per heavy atom. The molecule has 1 aromatic heterocycles. The van der Waals surface area contributed by atoms with Crippen LogP contribution < -0.4 is 5.73 Å². The van der Waals surface area contributed by atoms with Crippen LogP contribution in [0.15, 0.2) is 30.3 Å². The molecule has 1 aliphatic rings. The minimum atomic E-state index is 0. The first kappa shape index (κ1) is 20.5. The molecule has 3 rings (SSSR count). The molecule has 1 fully saturated rings. The van der Waals surface area contributed by atoms with E-state index in [4.69, 9.17) is 5.73 Å². The number of hydrogen-bond donors (Lipinski definition) is 1. The van der Waals surface area contributed by atoms with E-state index in [0.717, 1.165) is 48.6 Å². The van der Waals surface area contributed by atoms with Crippen LogP contribution in [0.5, 0.6) is 0 Å². The number of halogens is 1. The zero-order valence-corrected chi connectivity index (χ0v) is 16.6. The summed E-state index contributed by atoms with van der Waals surface area (Å²) in [4.78, 5) is 14.8. The molecule has 26 heavy (non-hydrogen) atoms. The normalized spacial score (nSPS) is 18.3. The van der Waals surface area contributed by atoms with E-state index in [1.807, 2.05) is 60.7 Å². The van der Waals surface area contributed by atoms with Gasteiger partial charge in [-0.05, 0) is 51.7 Å². The van der Waals surface area contributed by atoms with E-state index in [2.05, 4.69) is 5.10 Å². The summed E-state index contributed by atoms with van der Waals surface area (Å²) in [6.45, 7) is 7.68. The molecule has 0 spiro atoms. The van der Waals surface area contributed by atoms with Crippen LogP contribution in [0.4, 0.5) is 0 Å². The molecule has 2 N–H and O–H groups in total. The average Bonchev–Trinajstić information content (AvgIpc) is 2.90. The van der Waals surface area contributed by atoms with Crippen LogP contribution in [0.25, 0.3) is 5.69 Å². The van der Waals surface area contributed by atoms with Gasteiger partial charge in [0.05, 0.1) is 17.8 Å². The number of aromatic nitrogens is 2. The topological polar surface area (TPSA) is 64.2 Å². The molecule has 0 aliphatic carbocycles. The molecule has 1 saturated heterocycles. The molecule has 1 aliphatic heterocycles. The van der Waals surface area contributed by atoms with E-state index in [1.165, 1.54) is 0 Å². The van der Waals surface area contributed by atoms with Crippen molar-refractivity contribution in [1.29, 1.82) is 0 Å². The number of hydrogen-bond acceptors (Lipinski definition) is 3. The third kappa shape index (κ3) is 4.27. The van der Waals surface area contributed by atoms with Crippen LogP contribution in [0.2, 0.25) is 0 Å². The zero-order valence-electron chi connectivity index (χ0n) is 15.8. The number of benzene rings is 1. The lowest BCUT2D eigenvalue weighted by atomic mass is 9.92. The van der Waals surface area contributed by atoms with Crippen LogP contribution in [0.1, 0.15) is 36.7 Å². The van der Waals surface area contributed by atoms with Crippen molar-refractivity contribution >= 4 is 18.3 Å². The predicted molar refractivity (Wildman–Crippen MR) is 107 cm³/mol. The van der Waals surface area contributed by atoms with Gasteiger partial charge < -0.3 is 10.6 Å². The van der Waals surface area contributed by atoms with Crippen LogP contribution >= 0.6 is 12.4 Å². The minimum Gasteiger partial charge on any atom is -0.342 e. The van der Waals surface area contributed by atoms with Crippen molar-refractivity contribution in [3.63, 3.8) is 0 Å². The number of nitrogens with two attached hydrogens (primary N) is 1. The molecule has 142 valence electrons. The first-order chi connectivity index (χ1) is 12.0. The molecule has 1 amide bonds. The second-order valence-electron chi connectivity index (χ2n) is 7.17. The van der Waals surface area contributed by atoms with E-state index in [-0.39, 0.29) is 24.4 Å². The molecular weight excluding hydrogens is 348 g/mol. The molecule has 2 aromatic rings. The summed E-state index contributed by atoms with van der Waals surface area (Å²) in [5, 5.41) is 4.65. The average molecular weight is 377 g/mol. The van der Waals surface area contributed by atoms with Gasteiger partial charge in [-0.15, -0.1) is 12.4 Å². The van der Waals surface area contributed by atoms with Crippen LogP contribution in [0, 0.1) is 19.8 Å². The maximum Gasteiger partial charge on any atom is 0.227 e. The van der Waals surface area contributed by atoms with Gasteiger partial charge in [0.1, 0.15) is 0 Å². The Bertz CT molecular complexity index is 742. The maximum atomic E-state index is 12.8. The fraction of sp³-hybridized carbons (Fsp3) is 0.500. The van der Waals surface area contributed by atoms with Crippen LogP contribution in [-0.4, -0.2) is 39.7 Å². The molecule has 0 saturated carbocycles. The van der Waals surface area contributed by atoms with Crippen molar-refractivity contribution in [2.24, 2.45) is 11.7 Å². The van der Waals surface area contributed by atoms with E-state index in [9.17, 15) is 4.79 Å². The molecule has 0 radical (unpaired) electrons. The standard InChI is InChI=1S/C20H28N4O.ClH/c1-14(21)17-8-7-11-23(13-17)20(25)12-19-15(2)22-24(16(19)3)18-9-5-4-6-10-18;/h4-6,9-10,14,17H,7-8,11-13,21H2,1-3H3;1H.